The van der Waals surface area contributed by atoms with E-state index in [0.717, 1.165) is 60.8 Å². The molecule has 0 saturated heterocycles. The smallest absolute Gasteiger partial charge is 0.0645 e. The van der Waals surface area contributed by atoms with Crippen LogP contribution in [0.4, 0.5) is 17.1 Å². The number of hydrogen-bond donors (Lipinski definition) is 0. The second-order valence-electron chi connectivity index (χ2n) is 10.4. The molecule has 0 aliphatic carbocycles. The number of nitrogens with zero attached hydrogens (tertiary/aromatic N) is 2. The van der Waals surface area contributed by atoms with Gasteiger partial charge in [-0.15, -0.1) is 0 Å². The highest BCUT2D eigenvalue weighted by Crippen LogP contribution is 2.44. The van der Waals surface area contributed by atoms with Crippen molar-refractivity contribution >= 4 is 61.2 Å². The molecule has 7 aromatic carbocycles. The lowest BCUT2D eigenvalue weighted by atomic mass is 9.94. The molecule has 0 atom stereocenters. The molecule has 2 nitrogen and oxygen atoms in total. The Balaban J connectivity index is 1.45. The van der Waals surface area contributed by atoms with Gasteiger partial charge in [-0.05, 0) is 83.2 Å². The predicted molar refractivity (Wildman–Crippen MR) is 183 cm³/mol. The van der Waals surface area contributed by atoms with Crippen LogP contribution in [0.5, 0.6) is 0 Å². The van der Waals surface area contributed by atoms with Crippen LogP contribution in [0.1, 0.15) is 6.85 Å². The summed E-state index contributed by atoms with van der Waals surface area (Å²) in [6, 6.07) is 42.8. The number of anilines is 3. The second-order valence-corrected chi connectivity index (χ2v) is 10.8. The van der Waals surface area contributed by atoms with Gasteiger partial charge in [-0.2, -0.15) is 0 Å². The van der Waals surface area contributed by atoms with Gasteiger partial charge < -0.3 is 9.47 Å². The van der Waals surface area contributed by atoms with E-state index < -0.39 is 6.04 Å². The molecule has 0 spiro atoms. The topological polar surface area (TPSA) is 8.17 Å². The third kappa shape index (κ3) is 4.35. The maximum absolute atomic E-state index is 8.86. The van der Waals surface area contributed by atoms with Gasteiger partial charge in [0.15, 0.2) is 0 Å². The molecule has 1 aromatic heterocycles. The summed E-state index contributed by atoms with van der Waals surface area (Å²) in [4.78, 5) is 2.18. The first kappa shape index (κ1) is 20.5. The molecular weight excluding hydrogens is 544 g/mol. The largest absolute Gasteiger partial charge is 0.310 e. The Labute approximate surface area is 262 Å². The Morgan fingerprint density at radius 3 is 1.84 bits per heavy atom. The van der Waals surface area contributed by atoms with Gasteiger partial charge >= 0.3 is 0 Å². The standard InChI is InChI=1S/C40H27ClN2/c41-29-24-28(25-33(26-29)42(30-14-4-1-5-15-30)31-16-6-2-7-17-31)37-27-38-35-21-12-13-23-39(35)43(32-18-8-3-9-19-32)40(38)36-22-11-10-20-34(36)37/h1-27H/i3D,8D,9D,18D,19D. The molecular formula is C40H27ClN2. The normalized spacial score (nSPS) is 13.0. The summed E-state index contributed by atoms with van der Waals surface area (Å²) < 4.78 is 44.6. The van der Waals surface area contributed by atoms with Crippen LogP contribution in [0.2, 0.25) is 5.02 Å². The number of halogens is 1. The molecule has 8 aromatic rings. The summed E-state index contributed by atoms with van der Waals surface area (Å²) in [5.41, 5.74) is 6.43. The monoisotopic (exact) mass is 575 g/mol. The lowest BCUT2D eigenvalue weighted by Gasteiger charge is -2.26. The summed E-state index contributed by atoms with van der Waals surface area (Å²) in [6.45, 7) is 0. The minimum absolute atomic E-state index is 0.122. The van der Waals surface area contributed by atoms with E-state index in [1.165, 1.54) is 0 Å². The first-order valence-electron chi connectivity index (χ1n) is 16.6. The Hall–Kier alpha value is -5.31. The van der Waals surface area contributed by atoms with Gasteiger partial charge in [-0.25, -0.2) is 0 Å². The van der Waals surface area contributed by atoms with Gasteiger partial charge in [0.2, 0.25) is 0 Å². The summed E-state index contributed by atoms with van der Waals surface area (Å²) in [5.74, 6) is 0. The van der Waals surface area contributed by atoms with Crippen molar-refractivity contribution in [2.24, 2.45) is 0 Å². The number of aromatic nitrogens is 1. The Kier molecular flexibility index (Phi) is 5.02. The van der Waals surface area contributed by atoms with Crippen LogP contribution in [0.25, 0.3) is 49.4 Å². The van der Waals surface area contributed by atoms with E-state index in [1.807, 2.05) is 95.6 Å². The van der Waals surface area contributed by atoms with Crippen molar-refractivity contribution in [1.82, 2.24) is 4.57 Å². The molecule has 204 valence electrons. The van der Waals surface area contributed by atoms with Crippen molar-refractivity contribution in [3.63, 3.8) is 0 Å². The summed E-state index contributed by atoms with van der Waals surface area (Å²) in [6.07, 6.45) is 0. The molecule has 43 heavy (non-hydrogen) atoms. The highest BCUT2D eigenvalue weighted by molar-refractivity contribution is 6.31. The molecule has 0 unspecified atom stereocenters. The van der Waals surface area contributed by atoms with Crippen molar-refractivity contribution in [2.75, 3.05) is 4.90 Å². The van der Waals surface area contributed by atoms with Crippen molar-refractivity contribution in [1.29, 1.82) is 0 Å². The zero-order valence-electron chi connectivity index (χ0n) is 28.0. The lowest BCUT2D eigenvalue weighted by Crippen LogP contribution is -2.09. The van der Waals surface area contributed by atoms with Crippen LogP contribution in [0.3, 0.4) is 0 Å². The van der Waals surface area contributed by atoms with Crippen LogP contribution in [-0.4, -0.2) is 4.57 Å². The summed E-state index contributed by atoms with van der Waals surface area (Å²) in [7, 11) is 0. The quantitative estimate of drug-likeness (QED) is 0.198. The minimum Gasteiger partial charge on any atom is -0.310 e. The molecule has 0 N–H and O–H groups in total. The lowest BCUT2D eigenvalue weighted by molar-refractivity contribution is 1.19. The fourth-order valence-corrected chi connectivity index (χ4v) is 6.34. The molecule has 0 aliphatic heterocycles. The van der Waals surface area contributed by atoms with Crippen LogP contribution >= 0.6 is 11.6 Å². The third-order valence-electron chi connectivity index (χ3n) is 7.87. The van der Waals surface area contributed by atoms with Crippen molar-refractivity contribution in [2.45, 2.75) is 0 Å². The maximum Gasteiger partial charge on any atom is 0.0645 e. The van der Waals surface area contributed by atoms with Gasteiger partial charge in [0, 0.05) is 43.9 Å². The van der Waals surface area contributed by atoms with E-state index in [-0.39, 0.29) is 29.9 Å². The molecule has 0 radical (unpaired) electrons. The molecule has 8 rings (SSSR count). The Morgan fingerprint density at radius 2 is 1.14 bits per heavy atom. The van der Waals surface area contributed by atoms with Gasteiger partial charge in [0.1, 0.15) is 0 Å². The van der Waals surface area contributed by atoms with Crippen LogP contribution in [0.15, 0.2) is 164 Å². The van der Waals surface area contributed by atoms with E-state index in [2.05, 4.69) is 47.4 Å². The molecule has 3 heteroatoms. The molecule has 0 amide bonds. The van der Waals surface area contributed by atoms with E-state index in [4.69, 9.17) is 18.5 Å². The van der Waals surface area contributed by atoms with Gasteiger partial charge in [-0.1, -0.05) is 109 Å². The minimum atomic E-state index is -0.418. The van der Waals surface area contributed by atoms with Crippen LogP contribution < -0.4 is 4.90 Å². The predicted octanol–water partition coefficient (Wildman–Crippen LogP) is 11.7. The van der Waals surface area contributed by atoms with Gasteiger partial charge in [0.25, 0.3) is 0 Å². The second kappa shape index (κ2) is 10.5. The summed E-state index contributed by atoms with van der Waals surface area (Å²) >= 11 is 6.92. The van der Waals surface area contributed by atoms with Crippen molar-refractivity contribution < 1.29 is 6.85 Å². The molecule has 0 saturated carbocycles. The number of para-hydroxylation sites is 4. The zero-order chi connectivity index (χ0) is 33.1. The van der Waals surface area contributed by atoms with E-state index >= 15 is 0 Å². The fraction of sp³-hybridized carbons (Fsp3) is 0. The van der Waals surface area contributed by atoms with E-state index in [1.54, 1.807) is 0 Å². The van der Waals surface area contributed by atoms with Crippen molar-refractivity contribution in [3.05, 3.63) is 169 Å². The first-order chi connectivity index (χ1) is 23.3. The van der Waals surface area contributed by atoms with Crippen LogP contribution in [-0.2, 0) is 0 Å². The van der Waals surface area contributed by atoms with Gasteiger partial charge in [0.05, 0.1) is 17.9 Å². The zero-order valence-corrected chi connectivity index (χ0v) is 23.7. The number of rotatable bonds is 5. The highest BCUT2D eigenvalue weighted by Gasteiger charge is 2.19. The molecule has 0 bridgehead atoms. The van der Waals surface area contributed by atoms with E-state index in [9.17, 15) is 0 Å². The highest BCUT2D eigenvalue weighted by atomic mass is 35.5. The van der Waals surface area contributed by atoms with Crippen molar-refractivity contribution in [3.8, 4) is 16.8 Å². The number of hydrogen-bond acceptors (Lipinski definition) is 1. The van der Waals surface area contributed by atoms with Crippen LogP contribution in [0, 0.1) is 0 Å². The molecule has 0 fully saturated rings. The maximum atomic E-state index is 8.86. The first-order valence-corrected chi connectivity index (χ1v) is 14.4. The Morgan fingerprint density at radius 1 is 0.535 bits per heavy atom. The van der Waals surface area contributed by atoms with E-state index in [0.29, 0.717) is 5.02 Å². The fourth-order valence-electron chi connectivity index (χ4n) is 6.11. The number of fused-ring (bicyclic) bond motifs is 5. The summed E-state index contributed by atoms with van der Waals surface area (Å²) in [5, 5.41) is 4.22. The molecule has 0 aliphatic rings. The third-order valence-corrected chi connectivity index (χ3v) is 8.08. The average molecular weight is 576 g/mol. The Bertz CT molecular complexity index is 2460. The average Bonchev–Trinajstić information content (AvgIpc) is 3.44. The number of benzene rings is 7. The van der Waals surface area contributed by atoms with Gasteiger partial charge in [-0.3, -0.25) is 0 Å². The SMILES string of the molecule is [2H]c1c([2H])c([2H])c(-n2c3ccccc3c3cc(-c4cc(Cl)cc(N(c5ccccc5)c5ccccc5)c4)c4ccccc4c32)c([2H])c1[2H]. The molecule has 1 heterocycles.